The van der Waals surface area contributed by atoms with Gasteiger partial charge in [0.05, 0.1) is 5.56 Å². The Hall–Kier alpha value is -2.36. The second kappa shape index (κ2) is 4.63. The lowest BCUT2D eigenvalue weighted by molar-refractivity contribution is -0.149. The van der Waals surface area contributed by atoms with E-state index >= 15 is 0 Å². The van der Waals surface area contributed by atoms with Crippen LogP contribution in [-0.2, 0) is 12.4 Å². The number of halogens is 8. The molecule has 0 bridgehead atoms. The average molecular weight is 300 g/mol. The summed E-state index contributed by atoms with van der Waals surface area (Å²) in [5.74, 6) is -5.53. The summed E-state index contributed by atoms with van der Waals surface area (Å²) in [6, 6.07) is 1.39. The number of benzene rings is 1. The Morgan fingerprint density at radius 1 is 0.650 bits per heavy atom. The second-order valence-corrected chi connectivity index (χ2v) is 3.35. The van der Waals surface area contributed by atoms with Gasteiger partial charge in [-0.15, -0.1) is 0 Å². The summed E-state index contributed by atoms with van der Waals surface area (Å²) in [6.45, 7) is 0. The van der Waals surface area contributed by atoms with Gasteiger partial charge in [-0.3, -0.25) is 0 Å². The zero-order valence-electron chi connectivity index (χ0n) is 8.92. The monoisotopic (exact) mass is 300 g/mol. The first-order valence-corrected chi connectivity index (χ1v) is 4.46. The SMILES string of the molecule is N#Cc1c(F)c(C(F)(F)F)c(F)c(C(F)(F)F)c1C#N. The zero-order valence-corrected chi connectivity index (χ0v) is 8.92. The lowest BCUT2D eigenvalue weighted by atomic mass is 9.96. The van der Waals surface area contributed by atoms with Crippen LogP contribution < -0.4 is 0 Å². The molecule has 0 radical (unpaired) electrons. The smallest absolute Gasteiger partial charge is 0.206 e. The molecule has 0 saturated carbocycles. The van der Waals surface area contributed by atoms with E-state index in [0.717, 1.165) is 0 Å². The standard InChI is InChI=1S/C10F8N2/c11-7-4(2-20)3(1-19)5(9(13,14)15)8(12)6(7)10(16,17)18. The van der Waals surface area contributed by atoms with Gasteiger partial charge in [-0.1, -0.05) is 0 Å². The lowest BCUT2D eigenvalue weighted by Crippen LogP contribution is -2.21. The summed E-state index contributed by atoms with van der Waals surface area (Å²) >= 11 is 0. The number of nitriles is 2. The van der Waals surface area contributed by atoms with Crippen LogP contribution in [0.25, 0.3) is 0 Å². The van der Waals surface area contributed by atoms with E-state index in [1.165, 1.54) is 0 Å². The van der Waals surface area contributed by atoms with Crippen molar-refractivity contribution in [1.29, 1.82) is 10.5 Å². The Morgan fingerprint density at radius 2 is 1.05 bits per heavy atom. The molecule has 20 heavy (non-hydrogen) atoms. The molecule has 0 aromatic heterocycles. The normalized spacial score (nSPS) is 11.9. The molecular formula is C10F8N2. The molecule has 0 aliphatic heterocycles. The molecule has 0 unspecified atom stereocenters. The predicted octanol–water partition coefficient (Wildman–Crippen LogP) is 3.75. The first-order valence-electron chi connectivity index (χ1n) is 4.46. The highest BCUT2D eigenvalue weighted by Gasteiger charge is 2.47. The van der Waals surface area contributed by atoms with E-state index in [-0.39, 0.29) is 0 Å². The average Bonchev–Trinajstić information content (AvgIpc) is 2.24. The Labute approximate surface area is 105 Å². The van der Waals surface area contributed by atoms with Crippen LogP contribution in [0.5, 0.6) is 0 Å². The minimum atomic E-state index is -5.80. The van der Waals surface area contributed by atoms with Crippen LogP contribution in [0.15, 0.2) is 0 Å². The Balaban J connectivity index is 4.07. The maximum absolute atomic E-state index is 13.3. The van der Waals surface area contributed by atoms with Crippen molar-refractivity contribution in [2.24, 2.45) is 0 Å². The van der Waals surface area contributed by atoms with Crippen molar-refractivity contribution in [2.75, 3.05) is 0 Å². The van der Waals surface area contributed by atoms with Crippen LogP contribution in [0.1, 0.15) is 22.3 Å². The molecule has 10 heteroatoms. The van der Waals surface area contributed by atoms with E-state index < -0.39 is 46.2 Å². The van der Waals surface area contributed by atoms with Gasteiger partial charge < -0.3 is 0 Å². The second-order valence-electron chi connectivity index (χ2n) is 3.35. The molecule has 0 aliphatic carbocycles. The molecule has 1 rings (SSSR count). The Kier molecular flexibility index (Phi) is 3.64. The molecule has 1 aromatic carbocycles. The topological polar surface area (TPSA) is 47.6 Å². The molecule has 2 nitrogen and oxygen atoms in total. The molecule has 0 fully saturated rings. The molecular weight excluding hydrogens is 300 g/mol. The summed E-state index contributed by atoms with van der Waals surface area (Å²) in [7, 11) is 0. The van der Waals surface area contributed by atoms with E-state index in [4.69, 9.17) is 10.5 Å². The zero-order chi connectivity index (χ0) is 15.9. The minimum Gasteiger partial charge on any atom is -0.206 e. The number of nitrogens with zero attached hydrogens (tertiary/aromatic N) is 2. The third-order valence-electron chi connectivity index (χ3n) is 2.17. The van der Waals surface area contributed by atoms with E-state index in [0.29, 0.717) is 12.1 Å². The van der Waals surface area contributed by atoms with Crippen LogP contribution in [0, 0.1) is 34.3 Å². The quantitative estimate of drug-likeness (QED) is 0.685. The van der Waals surface area contributed by atoms with Crippen LogP contribution in [0.2, 0.25) is 0 Å². The van der Waals surface area contributed by atoms with Gasteiger partial charge in [0.2, 0.25) is 0 Å². The van der Waals surface area contributed by atoms with Crippen molar-refractivity contribution in [2.45, 2.75) is 12.4 Å². The molecule has 1 aromatic rings. The molecule has 0 spiro atoms. The third-order valence-corrected chi connectivity index (χ3v) is 2.17. The number of alkyl halides is 6. The van der Waals surface area contributed by atoms with Gasteiger partial charge >= 0.3 is 12.4 Å². The van der Waals surface area contributed by atoms with Crippen molar-refractivity contribution in [3.05, 3.63) is 33.9 Å². The van der Waals surface area contributed by atoms with Crippen LogP contribution >= 0.6 is 0 Å². The summed E-state index contributed by atoms with van der Waals surface area (Å²) in [5, 5.41) is 16.8. The van der Waals surface area contributed by atoms with Crippen LogP contribution in [0.4, 0.5) is 35.1 Å². The van der Waals surface area contributed by atoms with Gasteiger partial charge in [-0.25, -0.2) is 8.78 Å². The van der Waals surface area contributed by atoms with Gasteiger partial charge in [0.15, 0.2) is 11.6 Å². The van der Waals surface area contributed by atoms with Gasteiger partial charge in [0.1, 0.15) is 28.8 Å². The number of hydrogen-bond donors (Lipinski definition) is 0. The van der Waals surface area contributed by atoms with Gasteiger partial charge in [0, 0.05) is 0 Å². The lowest BCUT2D eigenvalue weighted by Gasteiger charge is -2.17. The maximum atomic E-state index is 13.3. The highest BCUT2D eigenvalue weighted by molar-refractivity contribution is 5.55. The minimum absolute atomic E-state index is 0.692. The fraction of sp³-hybridized carbons (Fsp3) is 0.200. The summed E-state index contributed by atoms with van der Waals surface area (Å²) in [6.07, 6.45) is -11.5. The van der Waals surface area contributed by atoms with E-state index in [1.54, 1.807) is 0 Å². The fourth-order valence-corrected chi connectivity index (χ4v) is 1.42. The van der Waals surface area contributed by atoms with Gasteiger partial charge in [-0.2, -0.15) is 36.9 Å². The van der Waals surface area contributed by atoms with E-state index in [1.807, 2.05) is 0 Å². The Morgan fingerprint density at radius 3 is 1.35 bits per heavy atom. The van der Waals surface area contributed by atoms with Crippen molar-refractivity contribution in [1.82, 2.24) is 0 Å². The number of rotatable bonds is 0. The Bertz CT molecular complexity index is 642. The van der Waals surface area contributed by atoms with Crippen molar-refractivity contribution < 1.29 is 35.1 Å². The third kappa shape index (κ3) is 2.37. The van der Waals surface area contributed by atoms with E-state index in [9.17, 15) is 35.1 Å². The molecule has 0 amide bonds. The predicted molar refractivity (Wildman–Crippen MR) is 45.8 cm³/mol. The fourth-order valence-electron chi connectivity index (χ4n) is 1.42. The van der Waals surface area contributed by atoms with Gasteiger partial charge in [-0.05, 0) is 0 Å². The molecule has 0 N–H and O–H groups in total. The molecule has 0 aliphatic rings. The van der Waals surface area contributed by atoms with Crippen LogP contribution in [0.3, 0.4) is 0 Å². The first kappa shape index (κ1) is 15.7. The van der Waals surface area contributed by atoms with Gasteiger partial charge in [0.25, 0.3) is 0 Å². The van der Waals surface area contributed by atoms with Crippen LogP contribution in [-0.4, -0.2) is 0 Å². The van der Waals surface area contributed by atoms with Crippen molar-refractivity contribution in [3.8, 4) is 12.1 Å². The van der Waals surface area contributed by atoms with E-state index in [2.05, 4.69) is 0 Å². The molecule has 0 saturated heterocycles. The van der Waals surface area contributed by atoms with Crippen molar-refractivity contribution in [3.63, 3.8) is 0 Å². The highest BCUT2D eigenvalue weighted by atomic mass is 19.4. The van der Waals surface area contributed by atoms with Crippen molar-refractivity contribution >= 4 is 0 Å². The molecule has 0 heterocycles. The highest BCUT2D eigenvalue weighted by Crippen LogP contribution is 2.43. The summed E-state index contributed by atoms with van der Waals surface area (Å²) < 4.78 is 101. The maximum Gasteiger partial charge on any atom is 0.422 e. The molecule has 106 valence electrons. The molecule has 0 atom stereocenters. The number of hydrogen-bond acceptors (Lipinski definition) is 2. The first-order chi connectivity index (χ1) is 8.96. The summed E-state index contributed by atoms with van der Waals surface area (Å²) in [4.78, 5) is 0. The largest absolute Gasteiger partial charge is 0.422 e. The summed E-state index contributed by atoms with van der Waals surface area (Å²) in [5.41, 5.74) is -9.12.